The van der Waals surface area contributed by atoms with Gasteiger partial charge in [-0.25, -0.2) is 9.37 Å². The maximum absolute atomic E-state index is 14.0. The van der Waals surface area contributed by atoms with Crippen molar-refractivity contribution >= 4 is 5.69 Å². The normalized spacial score (nSPS) is 15.8. The van der Waals surface area contributed by atoms with E-state index in [1.54, 1.807) is 12.1 Å². The lowest BCUT2D eigenvalue weighted by Gasteiger charge is -2.35. The Balaban J connectivity index is 1.61. The van der Waals surface area contributed by atoms with Crippen LogP contribution in [-0.4, -0.2) is 46.3 Å². The summed E-state index contributed by atoms with van der Waals surface area (Å²) in [6, 6.07) is 6.58. The summed E-state index contributed by atoms with van der Waals surface area (Å²) in [5, 5.41) is 15.8. The fraction of sp³-hybridized carbons (Fsp3) is 0.400. The SMILES string of the molecule is Cc1nc(CN2CCN(c3ccc(C#N)cc3F)CC2)n[nH]1. The van der Waals surface area contributed by atoms with Gasteiger partial charge in [0.15, 0.2) is 5.82 Å². The molecule has 1 aromatic carbocycles. The van der Waals surface area contributed by atoms with Crippen LogP contribution in [0.1, 0.15) is 17.2 Å². The lowest BCUT2D eigenvalue weighted by atomic mass is 10.2. The topological polar surface area (TPSA) is 71.8 Å². The van der Waals surface area contributed by atoms with Crippen LogP contribution in [0.25, 0.3) is 0 Å². The molecule has 2 aromatic rings. The predicted octanol–water partition coefficient (Wildman–Crippen LogP) is 1.45. The molecule has 1 N–H and O–H groups in total. The number of aryl methyl sites for hydroxylation is 1. The number of piperazine rings is 1. The van der Waals surface area contributed by atoms with E-state index in [-0.39, 0.29) is 5.82 Å². The number of H-pyrrole nitrogens is 1. The number of nitrogens with one attached hydrogen (secondary N) is 1. The van der Waals surface area contributed by atoms with Gasteiger partial charge < -0.3 is 4.90 Å². The van der Waals surface area contributed by atoms with Crippen molar-refractivity contribution in [2.45, 2.75) is 13.5 Å². The van der Waals surface area contributed by atoms with E-state index in [2.05, 4.69) is 20.1 Å². The highest BCUT2D eigenvalue weighted by Crippen LogP contribution is 2.22. The smallest absolute Gasteiger partial charge is 0.164 e. The standard InChI is InChI=1S/C15H17FN6/c1-11-18-15(20-19-11)10-21-4-6-22(7-5-21)14-3-2-12(9-17)8-13(14)16/h2-3,8H,4-7,10H2,1H3,(H,18,19,20). The van der Waals surface area contributed by atoms with Crippen molar-refractivity contribution in [1.82, 2.24) is 20.1 Å². The number of halogens is 1. The number of rotatable bonds is 3. The summed E-state index contributed by atoms with van der Waals surface area (Å²) >= 11 is 0. The molecule has 0 bridgehead atoms. The lowest BCUT2D eigenvalue weighted by Crippen LogP contribution is -2.46. The highest BCUT2D eigenvalue weighted by Gasteiger charge is 2.20. The second-order valence-corrected chi connectivity index (χ2v) is 5.38. The zero-order valence-electron chi connectivity index (χ0n) is 12.4. The number of nitrogens with zero attached hydrogens (tertiary/aromatic N) is 5. The molecule has 1 aliphatic rings. The van der Waals surface area contributed by atoms with Crippen molar-refractivity contribution in [3.63, 3.8) is 0 Å². The van der Waals surface area contributed by atoms with Gasteiger partial charge in [0, 0.05) is 26.2 Å². The van der Waals surface area contributed by atoms with Gasteiger partial charge in [0.25, 0.3) is 0 Å². The van der Waals surface area contributed by atoms with Crippen LogP contribution >= 0.6 is 0 Å². The Hall–Kier alpha value is -2.46. The monoisotopic (exact) mass is 300 g/mol. The van der Waals surface area contributed by atoms with Crippen molar-refractivity contribution in [1.29, 1.82) is 5.26 Å². The molecule has 114 valence electrons. The number of hydrogen-bond donors (Lipinski definition) is 1. The summed E-state index contributed by atoms with van der Waals surface area (Å²) in [5.74, 6) is 1.26. The second-order valence-electron chi connectivity index (χ2n) is 5.38. The van der Waals surface area contributed by atoms with Crippen molar-refractivity contribution in [3.05, 3.63) is 41.2 Å². The molecule has 1 saturated heterocycles. The quantitative estimate of drug-likeness (QED) is 0.929. The largest absolute Gasteiger partial charge is 0.367 e. The van der Waals surface area contributed by atoms with E-state index in [0.29, 0.717) is 17.8 Å². The highest BCUT2D eigenvalue weighted by atomic mass is 19.1. The molecule has 3 rings (SSSR count). The Morgan fingerprint density at radius 3 is 2.68 bits per heavy atom. The van der Waals surface area contributed by atoms with Crippen molar-refractivity contribution < 1.29 is 4.39 Å². The Labute approximate surface area is 128 Å². The van der Waals surface area contributed by atoms with Gasteiger partial charge in [-0.1, -0.05) is 0 Å². The maximum atomic E-state index is 14.0. The zero-order chi connectivity index (χ0) is 15.5. The molecule has 0 spiro atoms. The first-order valence-corrected chi connectivity index (χ1v) is 7.20. The first-order chi connectivity index (χ1) is 10.7. The third-order valence-corrected chi connectivity index (χ3v) is 3.80. The summed E-state index contributed by atoms with van der Waals surface area (Å²) in [5.41, 5.74) is 0.909. The average Bonchev–Trinajstić information content (AvgIpc) is 2.93. The molecule has 1 aliphatic heterocycles. The van der Waals surface area contributed by atoms with Crippen molar-refractivity contribution in [3.8, 4) is 6.07 Å². The molecule has 0 aliphatic carbocycles. The molecule has 2 heterocycles. The van der Waals surface area contributed by atoms with Gasteiger partial charge in [-0.3, -0.25) is 10.00 Å². The molecule has 0 unspecified atom stereocenters. The van der Waals surface area contributed by atoms with Gasteiger partial charge >= 0.3 is 0 Å². The average molecular weight is 300 g/mol. The Morgan fingerprint density at radius 2 is 2.09 bits per heavy atom. The fourth-order valence-electron chi connectivity index (χ4n) is 2.64. The van der Waals surface area contributed by atoms with Gasteiger partial charge in [0.1, 0.15) is 11.6 Å². The Bertz CT molecular complexity index is 696. The third-order valence-electron chi connectivity index (χ3n) is 3.80. The number of anilines is 1. The van der Waals surface area contributed by atoms with Gasteiger partial charge in [-0.2, -0.15) is 10.4 Å². The molecule has 6 nitrogen and oxygen atoms in total. The van der Waals surface area contributed by atoms with Crippen molar-refractivity contribution in [2.75, 3.05) is 31.1 Å². The molecule has 1 fully saturated rings. The highest BCUT2D eigenvalue weighted by molar-refractivity contribution is 5.51. The minimum absolute atomic E-state index is 0.336. The van der Waals surface area contributed by atoms with Crippen LogP contribution < -0.4 is 4.90 Å². The van der Waals surface area contributed by atoms with Crippen LogP contribution in [0.15, 0.2) is 18.2 Å². The lowest BCUT2D eigenvalue weighted by molar-refractivity contribution is 0.243. The summed E-state index contributed by atoms with van der Waals surface area (Å²) in [4.78, 5) is 8.56. The third kappa shape index (κ3) is 3.07. The minimum Gasteiger partial charge on any atom is -0.367 e. The molecule has 0 atom stereocenters. The summed E-state index contributed by atoms with van der Waals surface area (Å²) < 4.78 is 14.0. The molecular weight excluding hydrogens is 283 g/mol. The second kappa shape index (κ2) is 6.12. The maximum Gasteiger partial charge on any atom is 0.164 e. The first kappa shape index (κ1) is 14.5. The van der Waals surface area contributed by atoms with E-state index in [1.807, 2.05) is 17.9 Å². The summed E-state index contributed by atoms with van der Waals surface area (Å²) in [7, 11) is 0. The number of benzene rings is 1. The van der Waals surface area contributed by atoms with Gasteiger partial charge in [0.05, 0.1) is 23.9 Å². The van der Waals surface area contributed by atoms with Gasteiger partial charge in [0.2, 0.25) is 0 Å². The zero-order valence-corrected chi connectivity index (χ0v) is 12.4. The van der Waals surface area contributed by atoms with Crippen LogP contribution in [0, 0.1) is 24.1 Å². The summed E-state index contributed by atoms with van der Waals surface area (Å²) in [6.07, 6.45) is 0. The van der Waals surface area contributed by atoms with E-state index in [9.17, 15) is 4.39 Å². The molecule has 22 heavy (non-hydrogen) atoms. The summed E-state index contributed by atoms with van der Waals surface area (Å²) in [6.45, 7) is 5.72. The number of nitriles is 1. The molecule has 0 saturated carbocycles. The van der Waals surface area contributed by atoms with E-state index in [4.69, 9.17) is 5.26 Å². The number of aromatic nitrogens is 3. The number of hydrogen-bond acceptors (Lipinski definition) is 5. The predicted molar refractivity (Wildman–Crippen MR) is 79.7 cm³/mol. The van der Waals surface area contributed by atoms with Gasteiger partial charge in [-0.15, -0.1) is 0 Å². The minimum atomic E-state index is -0.336. The molecule has 0 radical (unpaired) electrons. The van der Waals surface area contributed by atoms with E-state index < -0.39 is 0 Å². The molecule has 7 heteroatoms. The molecular formula is C15H17FN6. The first-order valence-electron chi connectivity index (χ1n) is 7.20. The fourth-order valence-corrected chi connectivity index (χ4v) is 2.64. The van der Waals surface area contributed by atoms with Crippen LogP contribution in [0.3, 0.4) is 0 Å². The Morgan fingerprint density at radius 1 is 1.32 bits per heavy atom. The van der Waals surface area contributed by atoms with E-state index in [0.717, 1.165) is 37.8 Å². The molecule has 1 aromatic heterocycles. The molecule has 0 amide bonds. The van der Waals surface area contributed by atoms with Crippen LogP contribution in [0.2, 0.25) is 0 Å². The van der Waals surface area contributed by atoms with Crippen LogP contribution in [-0.2, 0) is 6.54 Å². The van der Waals surface area contributed by atoms with Crippen LogP contribution in [0.4, 0.5) is 10.1 Å². The van der Waals surface area contributed by atoms with Crippen LogP contribution in [0.5, 0.6) is 0 Å². The van der Waals surface area contributed by atoms with Gasteiger partial charge in [-0.05, 0) is 25.1 Å². The number of aromatic amines is 1. The van der Waals surface area contributed by atoms with Crippen molar-refractivity contribution in [2.24, 2.45) is 0 Å². The van der Waals surface area contributed by atoms with E-state index in [1.165, 1.54) is 6.07 Å². The van der Waals surface area contributed by atoms with E-state index >= 15 is 0 Å². The Kier molecular flexibility index (Phi) is 4.02.